The van der Waals surface area contributed by atoms with E-state index in [1.165, 1.54) is 0 Å². The van der Waals surface area contributed by atoms with Crippen molar-refractivity contribution in [3.05, 3.63) is 47.6 Å². The molecule has 0 bridgehead atoms. The molecule has 0 aliphatic heterocycles. The number of amides is 1. The summed E-state index contributed by atoms with van der Waals surface area (Å²) in [5.74, 6) is 0.537. The zero-order chi connectivity index (χ0) is 15.4. The maximum absolute atomic E-state index is 11.8. The number of hydrogen-bond acceptors (Lipinski definition) is 4. The molecule has 0 aliphatic rings. The van der Waals surface area contributed by atoms with Crippen molar-refractivity contribution in [3.63, 3.8) is 0 Å². The van der Waals surface area contributed by atoms with Gasteiger partial charge in [0.25, 0.3) is 0 Å². The number of aromatic nitrogens is 3. The van der Waals surface area contributed by atoms with Crippen LogP contribution in [0.1, 0.15) is 29.9 Å². The lowest BCUT2D eigenvalue weighted by atomic mass is 10.1. The Morgan fingerprint density at radius 1 is 1.41 bits per heavy atom. The number of carbonyl (C=O) groups excluding carboxylic acids is 1. The van der Waals surface area contributed by atoms with Crippen molar-refractivity contribution in [2.24, 2.45) is 0 Å². The second-order valence-corrected chi connectivity index (χ2v) is 5.27. The van der Waals surface area contributed by atoms with E-state index in [0.717, 1.165) is 35.1 Å². The molecule has 0 unspecified atom stereocenters. The van der Waals surface area contributed by atoms with Crippen molar-refractivity contribution in [1.29, 1.82) is 0 Å². The molecule has 2 heterocycles. The first-order chi connectivity index (χ1) is 10.7. The van der Waals surface area contributed by atoms with Crippen molar-refractivity contribution in [2.75, 3.05) is 0 Å². The highest BCUT2D eigenvalue weighted by Gasteiger charge is 2.09. The highest BCUT2D eigenvalue weighted by molar-refractivity contribution is 5.77. The number of aromatic amines is 1. The lowest BCUT2D eigenvalue weighted by Crippen LogP contribution is -2.22. The molecular weight excluding hydrogens is 280 g/mol. The number of fused-ring (bicyclic) bond motifs is 1. The number of H-pyrrole nitrogens is 1. The first-order valence-corrected chi connectivity index (χ1v) is 7.32. The van der Waals surface area contributed by atoms with Crippen LogP contribution in [0.5, 0.6) is 0 Å². The topological polar surface area (TPSA) is 83.8 Å². The minimum Gasteiger partial charge on any atom is -0.439 e. The molecule has 3 rings (SSSR count). The van der Waals surface area contributed by atoms with Crippen molar-refractivity contribution in [1.82, 2.24) is 20.5 Å². The second kappa shape index (κ2) is 6.43. The third kappa shape index (κ3) is 3.33. The van der Waals surface area contributed by atoms with Crippen molar-refractivity contribution < 1.29 is 9.21 Å². The summed E-state index contributed by atoms with van der Waals surface area (Å²) in [6, 6.07) is 5.80. The van der Waals surface area contributed by atoms with Gasteiger partial charge in [-0.25, -0.2) is 4.98 Å². The molecule has 0 saturated carbocycles. The van der Waals surface area contributed by atoms with Crippen LogP contribution in [0.4, 0.5) is 0 Å². The Morgan fingerprint density at radius 2 is 2.32 bits per heavy atom. The number of nitrogens with one attached hydrogen (secondary N) is 2. The van der Waals surface area contributed by atoms with Gasteiger partial charge in [0, 0.05) is 12.6 Å². The van der Waals surface area contributed by atoms with Crippen molar-refractivity contribution in [3.8, 4) is 0 Å². The van der Waals surface area contributed by atoms with Crippen LogP contribution < -0.4 is 5.32 Å². The second-order valence-electron chi connectivity index (χ2n) is 5.27. The Kier molecular flexibility index (Phi) is 4.18. The molecule has 22 heavy (non-hydrogen) atoms. The number of nitrogens with zero attached hydrogens (tertiary/aromatic N) is 2. The van der Waals surface area contributed by atoms with Gasteiger partial charge in [-0.15, -0.1) is 0 Å². The average Bonchev–Trinajstić information content (AvgIpc) is 3.15. The Hall–Kier alpha value is -2.63. The predicted octanol–water partition coefficient (Wildman–Crippen LogP) is 2.50. The summed E-state index contributed by atoms with van der Waals surface area (Å²) in [6.07, 6.45) is 5.73. The Bertz CT molecular complexity index is 762. The fourth-order valence-electron chi connectivity index (χ4n) is 2.34. The Balaban J connectivity index is 1.48. The molecule has 0 radical (unpaired) electrons. The van der Waals surface area contributed by atoms with Crippen LogP contribution in [0.3, 0.4) is 0 Å². The summed E-state index contributed by atoms with van der Waals surface area (Å²) in [7, 11) is 0. The molecule has 114 valence electrons. The lowest BCUT2D eigenvalue weighted by Gasteiger charge is -2.01. The van der Waals surface area contributed by atoms with E-state index in [2.05, 4.69) is 20.5 Å². The maximum Gasteiger partial charge on any atom is 0.220 e. The van der Waals surface area contributed by atoms with Gasteiger partial charge in [-0.1, -0.05) is 12.1 Å². The zero-order valence-corrected chi connectivity index (χ0v) is 12.4. The summed E-state index contributed by atoms with van der Waals surface area (Å²) >= 11 is 0. The number of hydrogen-bond donors (Lipinski definition) is 2. The number of carbonyl (C=O) groups is 1. The largest absolute Gasteiger partial charge is 0.439 e. The molecule has 6 heteroatoms. The average molecular weight is 298 g/mol. The minimum absolute atomic E-state index is 0.00229. The molecule has 1 amide bonds. The van der Waals surface area contributed by atoms with Crippen molar-refractivity contribution in [2.45, 2.75) is 32.7 Å². The highest BCUT2D eigenvalue weighted by atomic mass is 16.3. The first-order valence-electron chi connectivity index (χ1n) is 7.32. The Morgan fingerprint density at radius 3 is 3.09 bits per heavy atom. The van der Waals surface area contributed by atoms with E-state index in [9.17, 15) is 4.79 Å². The van der Waals surface area contributed by atoms with Gasteiger partial charge in [-0.2, -0.15) is 5.10 Å². The predicted molar refractivity (Wildman–Crippen MR) is 82.1 cm³/mol. The third-order valence-electron chi connectivity index (χ3n) is 3.53. The van der Waals surface area contributed by atoms with Crippen LogP contribution >= 0.6 is 0 Å². The number of oxazole rings is 1. The maximum atomic E-state index is 11.8. The number of aryl methyl sites for hydroxylation is 2. The van der Waals surface area contributed by atoms with Crippen LogP contribution in [0.15, 0.2) is 35.0 Å². The first kappa shape index (κ1) is 14.3. The van der Waals surface area contributed by atoms with Gasteiger partial charge in [-0.05, 0) is 37.0 Å². The highest BCUT2D eigenvalue weighted by Crippen LogP contribution is 2.18. The Labute approximate surface area is 127 Å². The van der Waals surface area contributed by atoms with Gasteiger partial charge in [0.2, 0.25) is 11.8 Å². The normalized spacial score (nSPS) is 11.0. The van der Waals surface area contributed by atoms with Crippen molar-refractivity contribution >= 4 is 17.0 Å². The van der Waals surface area contributed by atoms with Gasteiger partial charge in [0.05, 0.1) is 12.7 Å². The standard InChI is InChI=1S/C16H18N4O2/c1-11-4-2-6-13-16(11)20-15(22-13)10-17-14(21)7-3-5-12-8-18-19-9-12/h2,4,6,8-9H,3,5,7,10H2,1H3,(H,17,21)(H,18,19). The van der Waals surface area contributed by atoms with E-state index in [0.29, 0.717) is 18.9 Å². The smallest absolute Gasteiger partial charge is 0.220 e. The number of para-hydroxylation sites is 1. The molecule has 2 aromatic heterocycles. The summed E-state index contributed by atoms with van der Waals surface area (Å²) in [6.45, 7) is 2.31. The summed E-state index contributed by atoms with van der Waals surface area (Å²) < 4.78 is 5.62. The monoisotopic (exact) mass is 298 g/mol. The molecule has 0 aliphatic carbocycles. The molecule has 1 aromatic carbocycles. The fourth-order valence-corrected chi connectivity index (χ4v) is 2.34. The molecule has 2 N–H and O–H groups in total. The van der Waals surface area contributed by atoms with Gasteiger partial charge in [0.15, 0.2) is 5.58 Å². The minimum atomic E-state index is 0.00229. The van der Waals surface area contributed by atoms with Crippen LogP contribution in [-0.2, 0) is 17.8 Å². The van der Waals surface area contributed by atoms with E-state index in [4.69, 9.17) is 4.42 Å². The van der Waals surface area contributed by atoms with Gasteiger partial charge in [-0.3, -0.25) is 9.89 Å². The zero-order valence-electron chi connectivity index (χ0n) is 12.4. The molecule has 0 fully saturated rings. The number of benzene rings is 1. The third-order valence-corrected chi connectivity index (χ3v) is 3.53. The van der Waals surface area contributed by atoms with Gasteiger partial charge in [0.1, 0.15) is 5.52 Å². The quantitative estimate of drug-likeness (QED) is 0.732. The van der Waals surface area contributed by atoms with Crippen LogP contribution in [-0.4, -0.2) is 21.1 Å². The molecule has 0 spiro atoms. The van der Waals surface area contributed by atoms with Crippen LogP contribution in [0.2, 0.25) is 0 Å². The van der Waals surface area contributed by atoms with E-state index < -0.39 is 0 Å². The van der Waals surface area contributed by atoms with Gasteiger partial charge < -0.3 is 9.73 Å². The molecule has 0 saturated heterocycles. The molecule has 3 aromatic rings. The summed E-state index contributed by atoms with van der Waals surface area (Å²) in [5.41, 5.74) is 3.79. The van der Waals surface area contributed by atoms with E-state index in [-0.39, 0.29) is 5.91 Å². The molecule has 6 nitrogen and oxygen atoms in total. The van der Waals surface area contributed by atoms with E-state index in [1.807, 2.05) is 31.3 Å². The SMILES string of the molecule is Cc1cccc2oc(CNC(=O)CCCc3cn[nH]c3)nc12. The summed E-state index contributed by atoms with van der Waals surface area (Å²) in [5, 5.41) is 9.48. The van der Waals surface area contributed by atoms with Crippen LogP contribution in [0, 0.1) is 6.92 Å². The summed E-state index contributed by atoms with van der Waals surface area (Å²) in [4.78, 5) is 16.2. The fraction of sp³-hybridized carbons (Fsp3) is 0.312. The lowest BCUT2D eigenvalue weighted by molar-refractivity contribution is -0.121. The number of rotatable bonds is 6. The van der Waals surface area contributed by atoms with E-state index >= 15 is 0 Å². The van der Waals surface area contributed by atoms with E-state index in [1.54, 1.807) is 6.20 Å². The molecule has 0 atom stereocenters. The van der Waals surface area contributed by atoms with Gasteiger partial charge >= 0.3 is 0 Å². The molecular formula is C16H18N4O2. The van der Waals surface area contributed by atoms with Crippen LogP contribution in [0.25, 0.3) is 11.1 Å².